The Morgan fingerprint density at radius 3 is 1.34 bits per heavy atom. The Morgan fingerprint density at radius 2 is 0.886 bits per heavy atom. The van der Waals surface area contributed by atoms with E-state index in [1.165, 1.54) is 0 Å². The van der Waals surface area contributed by atoms with Gasteiger partial charge in [-0.05, 0) is 78.9 Å². The van der Waals surface area contributed by atoms with Crippen molar-refractivity contribution >= 4 is 30.1 Å². The van der Waals surface area contributed by atoms with Crippen LogP contribution in [0.1, 0.15) is 31.9 Å². The van der Waals surface area contributed by atoms with E-state index in [9.17, 15) is 14.4 Å². The summed E-state index contributed by atoms with van der Waals surface area (Å²) in [5.74, 6) is -0.232. The molecule has 0 fully saturated rings. The molecule has 0 spiro atoms. The summed E-state index contributed by atoms with van der Waals surface area (Å²) in [7, 11) is 0. The molecule has 0 bridgehead atoms. The van der Waals surface area contributed by atoms with Crippen LogP contribution in [0.5, 0.6) is 17.2 Å². The molecule has 44 heavy (non-hydrogen) atoms. The Labute approximate surface area is 257 Å². The van der Waals surface area contributed by atoms with Crippen LogP contribution in [0.3, 0.4) is 0 Å². The van der Waals surface area contributed by atoms with Gasteiger partial charge in [-0.1, -0.05) is 92.6 Å². The predicted octanol–water partition coefficient (Wildman–Crippen LogP) is 8.64. The second-order valence-corrected chi connectivity index (χ2v) is 10.3. The van der Waals surface area contributed by atoms with E-state index < -0.39 is 17.9 Å². The van der Waals surface area contributed by atoms with Gasteiger partial charge in [-0.2, -0.15) is 0 Å². The number of rotatable bonds is 10. The maximum absolute atomic E-state index is 12.4. The summed E-state index contributed by atoms with van der Waals surface area (Å²) in [5, 5.41) is 0. The zero-order chi connectivity index (χ0) is 31.8. The number of hydrogen-bond donors (Lipinski definition) is 0. The molecule has 4 rings (SSSR count). The van der Waals surface area contributed by atoms with E-state index in [-0.39, 0.29) is 5.57 Å². The van der Waals surface area contributed by atoms with Crippen molar-refractivity contribution in [3.05, 3.63) is 139 Å². The van der Waals surface area contributed by atoms with Crippen LogP contribution >= 0.6 is 0 Å². The summed E-state index contributed by atoms with van der Waals surface area (Å²) in [6, 6.07) is 27.8. The normalized spacial score (nSPS) is 10.6. The standard InChI is InChI=1S/C38H32O6/c1-24(2)36(39)42-33-19-15-29(16-20-33)28-10-7-27(8-11-28)9-12-31-13-14-32(23-35(31)44-38(41)26(5)6)30-17-21-34(22-18-30)43-37(40)25(3)4/h7-23H,1,3,5H2,2,4,6H3/b12-9+. The summed E-state index contributed by atoms with van der Waals surface area (Å²) in [4.78, 5) is 36.0. The highest BCUT2D eigenvalue weighted by molar-refractivity contribution is 5.91. The second-order valence-electron chi connectivity index (χ2n) is 10.3. The van der Waals surface area contributed by atoms with Crippen LogP contribution < -0.4 is 14.2 Å². The number of hydrogen-bond acceptors (Lipinski definition) is 6. The first-order valence-corrected chi connectivity index (χ1v) is 13.8. The lowest BCUT2D eigenvalue weighted by molar-refractivity contribution is -0.130. The van der Waals surface area contributed by atoms with Gasteiger partial charge in [-0.25, -0.2) is 14.4 Å². The third-order valence-electron chi connectivity index (χ3n) is 6.42. The Balaban J connectivity index is 1.53. The molecular weight excluding hydrogens is 552 g/mol. The van der Waals surface area contributed by atoms with Gasteiger partial charge >= 0.3 is 17.9 Å². The molecule has 0 heterocycles. The van der Waals surface area contributed by atoms with Crippen molar-refractivity contribution in [2.24, 2.45) is 0 Å². The maximum atomic E-state index is 12.4. The first kappa shape index (κ1) is 31.2. The Morgan fingerprint density at radius 1 is 0.500 bits per heavy atom. The molecule has 0 aromatic heterocycles. The highest BCUT2D eigenvalue weighted by Gasteiger charge is 2.12. The molecule has 0 atom stereocenters. The van der Waals surface area contributed by atoms with Crippen molar-refractivity contribution in [3.63, 3.8) is 0 Å². The summed E-state index contributed by atoms with van der Waals surface area (Å²) >= 11 is 0. The second kappa shape index (κ2) is 13.9. The van der Waals surface area contributed by atoms with Crippen LogP contribution in [0, 0.1) is 0 Å². The average molecular weight is 585 g/mol. The molecule has 4 aromatic rings. The van der Waals surface area contributed by atoms with E-state index in [1.54, 1.807) is 51.1 Å². The van der Waals surface area contributed by atoms with Gasteiger partial charge in [0, 0.05) is 22.3 Å². The molecule has 0 aliphatic heterocycles. The van der Waals surface area contributed by atoms with Crippen LogP contribution in [0.15, 0.2) is 127 Å². The van der Waals surface area contributed by atoms with Crippen LogP contribution in [0.25, 0.3) is 34.4 Å². The van der Waals surface area contributed by atoms with Gasteiger partial charge in [0.15, 0.2) is 0 Å². The van der Waals surface area contributed by atoms with Gasteiger partial charge in [-0.15, -0.1) is 0 Å². The molecule has 220 valence electrons. The molecule has 0 saturated heterocycles. The number of carbonyl (C=O) groups is 3. The van der Waals surface area contributed by atoms with Crippen molar-refractivity contribution in [3.8, 4) is 39.5 Å². The first-order chi connectivity index (χ1) is 21.0. The highest BCUT2D eigenvalue weighted by atomic mass is 16.5. The van der Waals surface area contributed by atoms with Crippen molar-refractivity contribution < 1.29 is 28.6 Å². The molecule has 0 aliphatic carbocycles. The van der Waals surface area contributed by atoms with E-state index in [2.05, 4.69) is 19.7 Å². The maximum Gasteiger partial charge on any atom is 0.338 e. The zero-order valence-corrected chi connectivity index (χ0v) is 24.9. The monoisotopic (exact) mass is 584 g/mol. The van der Waals surface area contributed by atoms with Crippen LogP contribution in [0.2, 0.25) is 0 Å². The Hall–Kier alpha value is -5.75. The smallest absolute Gasteiger partial charge is 0.338 e. The minimum Gasteiger partial charge on any atom is -0.423 e. The molecule has 6 heteroatoms. The van der Waals surface area contributed by atoms with E-state index in [0.29, 0.717) is 34.0 Å². The Bertz CT molecular complexity index is 1770. The van der Waals surface area contributed by atoms with E-state index >= 15 is 0 Å². The fraction of sp³-hybridized carbons (Fsp3) is 0.0789. The van der Waals surface area contributed by atoms with Gasteiger partial charge in [0.1, 0.15) is 17.2 Å². The highest BCUT2D eigenvalue weighted by Crippen LogP contribution is 2.31. The van der Waals surface area contributed by atoms with Gasteiger partial charge in [0.2, 0.25) is 0 Å². The average Bonchev–Trinajstić information content (AvgIpc) is 3.01. The summed E-state index contributed by atoms with van der Waals surface area (Å²) in [6.07, 6.45) is 3.81. The molecule has 0 saturated carbocycles. The molecule has 4 aromatic carbocycles. The predicted molar refractivity (Wildman–Crippen MR) is 174 cm³/mol. The van der Waals surface area contributed by atoms with Crippen LogP contribution in [-0.4, -0.2) is 17.9 Å². The van der Waals surface area contributed by atoms with E-state index in [0.717, 1.165) is 27.8 Å². The number of benzene rings is 4. The lowest BCUT2D eigenvalue weighted by atomic mass is 10.0. The van der Waals surface area contributed by atoms with Crippen LogP contribution in [0.4, 0.5) is 0 Å². The quantitative estimate of drug-likeness (QED) is 0.0804. The zero-order valence-electron chi connectivity index (χ0n) is 24.9. The van der Waals surface area contributed by atoms with E-state index in [1.807, 2.05) is 72.8 Å². The summed E-state index contributed by atoms with van der Waals surface area (Å²) in [5.41, 5.74) is 6.23. The first-order valence-electron chi connectivity index (χ1n) is 13.8. The van der Waals surface area contributed by atoms with Crippen molar-refractivity contribution in [1.82, 2.24) is 0 Å². The minimum absolute atomic E-state index is 0.284. The third kappa shape index (κ3) is 8.17. The van der Waals surface area contributed by atoms with E-state index in [4.69, 9.17) is 14.2 Å². The molecule has 0 aliphatic rings. The summed E-state index contributed by atoms with van der Waals surface area (Å²) < 4.78 is 16.2. The van der Waals surface area contributed by atoms with Gasteiger partial charge in [0.05, 0.1) is 0 Å². The van der Waals surface area contributed by atoms with Crippen molar-refractivity contribution in [2.45, 2.75) is 20.8 Å². The van der Waals surface area contributed by atoms with Gasteiger partial charge in [0.25, 0.3) is 0 Å². The van der Waals surface area contributed by atoms with Gasteiger partial charge < -0.3 is 14.2 Å². The van der Waals surface area contributed by atoms with Crippen molar-refractivity contribution in [1.29, 1.82) is 0 Å². The number of ether oxygens (including phenoxy) is 3. The lowest BCUT2D eigenvalue weighted by Crippen LogP contribution is -2.09. The molecule has 0 radical (unpaired) electrons. The lowest BCUT2D eigenvalue weighted by Gasteiger charge is -2.11. The number of esters is 3. The fourth-order valence-corrected chi connectivity index (χ4v) is 3.92. The molecule has 6 nitrogen and oxygen atoms in total. The SMILES string of the molecule is C=C(C)C(=O)Oc1ccc(-c2ccc(/C=C/c3ccc(-c4ccc(OC(=O)C(=C)C)cc4)cc3OC(=O)C(=C)C)cc2)cc1. The molecule has 0 N–H and O–H groups in total. The van der Waals surface area contributed by atoms with Crippen molar-refractivity contribution in [2.75, 3.05) is 0 Å². The third-order valence-corrected chi connectivity index (χ3v) is 6.42. The number of carbonyl (C=O) groups excluding carboxylic acids is 3. The fourth-order valence-electron chi connectivity index (χ4n) is 3.92. The Kier molecular flexibility index (Phi) is 9.88. The topological polar surface area (TPSA) is 78.9 Å². The molecule has 0 unspecified atom stereocenters. The molecular formula is C38H32O6. The largest absolute Gasteiger partial charge is 0.423 e. The summed E-state index contributed by atoms with van der Waals surface area (Å²) in [6.45, 7) is 15.7. The molecule has 0 amide bonds. The van der Waals surface area contributed by atoms with Gasteiger partial charge in [-0.3, -0.25) is 0 Å². The van der Waals surface area contributed by atoms with Crippen LogP contribution in [-0.2, 0) is 14.4 Å². The minimum atomic E-state index is -0.524.